The van der Waals surface area contributed by atoms with E-state index in [1.165, 1.54) is 0 Å². The number of carbonyl (C=O) groups is 1. The van der Waals surface area contributed by atoms with Crippen molar-refractivity contribution < 1.29 is 9.53 Å². The summed E-state index contributed by atoms with van der Waals surface area (Å²) in [7, 11) is 3.44. The van der Waals surface area contributed by atoms with Crippen molar-refractivity contribution in [2.75, 3.05) is 14.2 Å². The fourth-order valence-corrected chi connectivity index (χ4v) is 3.75. The minimum atomic E-state index is -0.316. The van der Waals surface area contributed by atoms with Crippen LogP contribution in [-0.2, 0) is 11.3 Å². The maximum absolute atomic E-state index is 12.9. The lowest BCUT2D eigenvalue weighted by Crippen LogP contribution is -2.43. The molecular formula is C20H25ClN4O2. The van der Waals surface area contributed by atoms with Gasteiger partial charge in [-0.3, -0.25) is 9.78 Å². The maximum Gasteiger partial charge on any atom is 0.241 e. The number of benzene rings is 1. The smallest absolute Gasteiger partial charge is 0.241 e. The van der Waals surface area contributed by atoms with E-state index in [9.17, 15) is 4.79 Å². The van der Waals surface area contributed by atoms with Crippen LogP contribution >= 0.6 is 11.6 Å². The first-order chi connectivity index (χ1) is 12.9. The third kappa shape index (κ3) is 4.08. The Bertz CT molecular complexity index is 843. The highest BCUT2D eigenvalue weighted by Gasteiger charge is 2.33. The minimum absolute atomic E-state index is 0.000352. The number of hydrazine groups is 1. The van der Waals surface area contributed by atoms with Gasteiger partial charge in [0.05, 0.1) is 19.3 Å². The highest BCUT2D eigenvalue weighted by molar-refractivity contribution is 6.31. The van der Waals surface area contributed by atoms with E-state index in [1.54, 1.807) is 25.3 Å². The molecule has 0 saturated carbocycles. The van der Waals surface area contributed by atoms with Gasteiger partial charge in [-0.1, -0.05) is 29.8 Å². The summed E-state index contributed by atoms with van der Waals surface area (Å²) in [5.74, 6) is 0.832. The number of halogens is 1. The Balaban J connectivity index is 1.67. The number of amides is 1. The Morgan fingerprint density at radius 2 is 2.07 bits per heavy atom. The second kappa shape index (κ2) is 8.25. The molecule has 2 N–H and O–H groups in total. The third-order valence-corrected chi connectivity index (χ3v) is 5.34. The van der Waals surface area contributed by atoms with Crippen molar-refractivity contribution in [2.45, 2.75) is 38.9 Å². The fraction of sp³-hybridized carbons (Fsp3) is 0.400. The summed E-state index contributed by atoms with van der Waals surface area (Å²) < 4.78 is 5.45. The van der Waals surface area contributed by atoms with E-state index in [4.69, 9.17) is 16.3 Å². The third-order valence-electron chi connectivity index (χ3n) is 4.99. The number of ether oxygens (including phenoxy) is 1. The summed E-state index contributed by atoms with van der Waals surface area (Å²) in [6.07, 6.45) is 2.42. The van der Waals surface area contributed by atoms with Crippen LogP contribution in [0.2, 0.25) is 5.02 Å². The van der Waals surface area contributed by atoms with Crippen molar-refractivity contribution in [3.05, 3.63) is 57.9 Å². The van der Waals surface area contributed by atoms with Gasteiger partial charge in [-0.05, 0) is 31.9 Å². The quantitative estimate of drug-likeness (QED) is 0.824. The molecule has 1 aromatic carbocycles. The van der Waals surface area contributed by atoms with Crippen LogP contribution in [0, 0.1) is 13.8 Å². The molecule has 7 heteroatoms. The van der Waals surface area contributed by atoms with Gasteiger partial charge >= 0.3 is 0 Å². The first-order valence-corrected chi connectivity index (χ1v) is 9.29. The average Bonchev–Trinajstić information content (AvgIpc) is 3.14. The fourth-order valence-electron chi connectivity index (χ4n) is 3.48. The lowest BCUT2D eigenvalue weighted by atomic mass is 10.0. The standard InChI is InChI=1S/C20H25ClN4O2/c1-12-10-22-18(13(2)19(12)27-4)11-25(3)20(26)17-9-16(23-24-17)14-7-5-6-8-15(14)21/h5-8,10,16-17,23-24H,9,11H2,1-4H3. The first-order valence-electron chi connectivity index (χ1n) is 8.92. The zero-order valence-electron chi connectivity index (χ0n) is 16.0. The molecule has 6 nitrogen and oxygen atoms in total. The van der Waals surface area contributed by atoms with Crippen LogP contribution in [0.1, 0.15) is 34.8 Å². The van der Waals surface area contributed by atoms with Gasteiger partial charge in [-0.25, -0.2) is 10.9 Å². The molecule has 144 valence electrons. The Morgan fingerprint density at radius 3 is 2.78 bits per heavy atom. The number of carbonyl (C=O) groups excluding carboxylic acids is 1. The number of nitrogens with one attached hydrogen (secondary N) is 2. The van der Waals surface area contributed by atoms with Gasteiger partial charge < -0.3 is 9.64 Å². The predicted molar refractivity (Wildman–Crippen MR) is 106 cm³/mol. The van der Waals surface area contributed by atoms with Crippen LogP contribution in [0.15, 0.2) is 30.5 Å². The number of likely N-dealkylation sites (N-methyl/N-ethyl adjacent to an activating group) is 1. The van der Waals surface area contributed by atoms with Gasteiger partial charge in [-0.15, -0.1) is 0 Å². The molecule has 0 spiro atoms. The van der Waals surface area contributed by atoms with Crippen LogP contribution in [0.4, 0.5) is 0 Å². The molecule has 1 aromatic heterocycles. The van der Waals surface area contributed by atoms with Gasteiger partial charge in [0.25, 0.3) is 0 Å². The van der Waals surface area contributed by atoms with E-state index < -0.39 is 0 Å². The van der Waals surface area contributed by atoms with Crippen LogP contribution in [0.5, 0.6) is 5.75 Å². The molecule has 0 aliphatic carbocycles. The van der Waals surface area contributed by atoms with Crippen molar-refractivity contribution in [2.24, 2.45) is 0 Å². The van der Waals surface area contributed by atoms with Crippen molar-refractivity contribution in [1.82, 2.24) is 20.7 Å². The molecule has 1 fully saturated rings. The summed E-state index contributed by atoms with van der Waals surface area (Å²) in [5.41, 5.74) is 10.1. The van der Waals surface area contributed by atoms with Crippen molar-refractivity contribution in [3.8, 4) is 5.75 Å². The van der Waals surface area contributed by atoms with Gasteiger partial charge in [0.1, 0.15) is 11.8 Å². The van der Waals surface area contributed by atoms with E-state index in [-0.39, 0.29) is 18.0 Å². The number of hydrogen-bond donors (Lipinski definition) is 2. The Labute approximate surface area is 164 Å². The minimum Gasteiger partial charge on any atom is -0.496 e. The number of aromatic nitrogens is 1. The monoisotopic (exact) mass is 388 g/mol. The molecule has 0 radical (unpaired) electrons. The molecule has 1 amide bonds. The van der Waals surface area contributed by atoms with E-state index >= 15 is 0 Å². The maximum atomic E-state index is 12.9. The zero-order valence-corrected chi connectivity index (χ0v) is 16.8. The molecule has 1 aliphatic rings. The molecule has 1 aliphatic heterocycles. The van der Waals surface area contributed by atoms with Crippen LogP contribution < -0.4 is 15.6 Å². The van der Waals surface area contributed by atoms with Crippen molar-refractivity contribution in [3.63, 3.8) is 0 Å². The van der Waals surface area contributed by atoms with E-state index in [0.717, 1.165) is 28.1 Å². The SMILES string of the molecule is COc1c(C)cnc(CN(C)C(=O)C2CC(c3ccccc3Cl)NN2)c1C. The lowest BCUT2D eigenvalue weighted by molar-refractivity contribution is -0.132. The van der Waals surface area contributed by atoms with E-state index in [2.05, 4.69) is 15.8 Å². The predicted octanol–water partition coefficient (Wildman–Crippen LogP) is 2.93. The van der Waals surface area contributed by atoms with Crippen molar-refractivity contribution >= 4 is 17.5 Å². The van der Waals surface area contributed by atoms with E-state index in [1.807, 2.05) is 38.1 Å². The van der Waals surface area contributed by atoms with Gasteiger partial charge in [0, 0.05) is 35.4 Å². The van der Waals surface area contributed by atoms with Crippen molar-refractivity contribution in [1.29, 1.82) is 0 Å². The van der Waals surface area contributed by atoms with Gasteiger partial charge in [0.2, 0.25) is 5.91 Å². The van der Waals surface area contributed by atoms with Crippen LogP contribution in [0.3, 0.4) is 0 Å². The summed E-state index contributed by atoms with van der Waals surface area (Å²) >= 11 is 6.28. The number of hydrogen-bond acceptors (Lipinski definition) is 5. The van der Waals surface area contributed by atoms with E-state index in [0.29, 0.717) is 18.0 Å². The summed E-state index contributed by atoms with van der Waals surface area (Å²) in [6, 6.07) is 7.37. The van der Waals surface area contributed by atoms with Crippen LogP contribution in [0.25, 0.3) is 0 Å². The number of methoxy groups -OCH3 is 1. The summed E-state index contributed by atoms with van der Waals surface area (Å²) in [4.78, 5) is 19.1. The average molecular weight is 389 g/mol. The molecule has 3 rings (SSSR count). The Hall–Kier alpha value is -2.15. The molecule has 2 unspecified atom stereocenters. The molecular weight excluding hydrogens is 364 g/mol. The van der Waals surface area contributed by atoms with Gasteiger partial charge in [-0.2, -0.15) is 0 Å². The Morgan fingerprint density at radius 1 is 1.33 bits per heavy atom. The normalized spacial score (nSPS) is 19.1. The number of nitrogens with zero attached hydrogens (tertiary/aromatic N) is 2. The zero-order chi connectivity index (χ0) is 19.6. The molecule has 1 saturated heterocycles. The number of rotatable bonds is 5. The van der Waals surface area contributed by atoms with Crippen LogP contribution in [-0.4, -0.2) is 36.0 Å². The summed E-state index contributed by atoms with van der Waals surface area (Å²) in [5, 5.41) is 0.699. The summed E-state index contributed by atoms with van der Waals surface area (Å²) in [6.45, 7) is 4.35. The Kier molecular flexibility index (Phi) is 5.99. The van der Waals surface area contributed by atoms with Gasteiger partial charge in [0.15, 0.2) is 0 Å². The largest absolute Gasteiger partial charge is 0.496 e. The lowest BCUT2D eigenvalue weighted by Gasteiger charge is -2.22. The topological polar surface area (TPSA) is 66.5 Å². The second-order valence-electron chi connectivity index (χ2n) is 6.89. The highest BCUT2D eigenvalue weighted by atomic mass is 35.5. The molecule has 2 heterocycles. The number of aryl methyl sites for hydroxylation is 1. The molecule has 0 bridgehead atoms. The molecule has 2 atom stereocenters. The molecule has 2 aromatic rings. The molecule has 27 heavy (non-hydrogen) atoms. The number of pyridine rings is 1. The second-order valence-corrected chi connectivity index (χ2v) is 7.30. The highest BCUT2D eigenvalue weighted by Crippen LogP contribution is 2.29. The first kappa shape index (κ1) is 19.6.